The number of benzene rings is 1. The van der Waals surface area contributed by atoms with Crippen molar-refractivity contribution in [1.29, 1.82) is 0 Å². The number of carbonyl (C=O) groups excluding carboxylic acids is 1. The van der Waals surface area contributed by atoms with Crippen LogP contribution in [0.25, 0.3) is 0 Å². The molecule has 0 saturated carbocycles. The van der Waals surface area contributed by atoms with Crippen LogP contribution in [0, 0.1) is 12.7 Å². The van der Waals surface area contributed by atoms with E-state index in [0.717, 1.165) is 50.3 Å². The first-order valence-electron chi connectivity index (χ1n) is 8.63. The highest BCUT2D eigenvalue weighted by Gasteiger charge is 2.50. The third-order valence-corrected chi connectivity index (χ3v) is 5.42. The van der Waals surface area contributed by atoms with Gasteiger partial charge in [-0.15, -0.1) is 0 Å². The number of likely N-dealkylation sites (tertiary alicyclic amines) is 2. The van der Waals surface area contributed by atoms with Crippen LogP contribution in [0.3, 0.4) is 0 Å². The Hall–Kier alpha value is -2.34. The molecular weight excluding hydrogens is 319 g/mol. The monoisotopic (exact) mass is 340 g/mol. The van der Waals surface area contributed by atoms with Crippen LogP contribution in [-0.2, 0) is 6.54 Å². The number of halogens is 1. The van der Waals surface area contributed by atoms with Crippen molar-refractivity contribution in [3.63, 3.8) is 0 Å². The van der Waals surface area contributed by atoms with Gasteiger partial charge in [-0.1, -0.05) is 12.1 Å². The Morgan fingerprint density at radius 2 is 1.92 bits per heavy atom. The molecule has 1 atom stereocenters. The molecule has 1 unspecified atom stereocenters. The molecule has 0 N–H and O–H groups in total. The summed E-state index contributed by atoms with van der Waals surface area (Å²) in [7, 11) is 0. The molecule has 2 aliphatic heterocycles. The van der Waals surface area contributed by atoms with Crippen molar-refractivity contribution in [2.45, 2.75) is 31.8 Å². The lowest BCUT2D eigenvalue weighted by Crippen LogP contribution is -2.60. The first-order valence-corrected chi connectivity index (χ1v) is 8.63. The molecule has 6 heteroatoms. The summed E-state index contributed by atoms with van der Waals surface area (Å²) >= 11 is 0. The van der Waals surface area contributed by atoms with Crippen LogP contribution in [0.1, 0.15) is 34.6 Å². The zero-order chi connectivity index (χ0) is 17.4. The number of aromatic nitrogens is 2. The standard InChI is InChI=1S/C19H21FN4O/c1-14-10-22-17(11-21-14)18(25)23-8-6-19(13-23)7-9-24(19)12-15-2-4-16(20)5-3-15/h2-5,10-11H,6-9,12-13H2,1H3. The summed E-state index contributed by atoms with van der Waals surface area (Å²) in [5.74, 6) is -0.253. The quantitative estimate of drug-likeness (QED) is 0.861. The Balaban J connectivity index is 1.43. The number of nitrogens with zero attached hydrogens (tertiary/aromatic N) is 4. The van der Waals surface area contributed by atoms with Crippen molar-refractivity contribution in [3.8, 4) is 0 Å². The first-order chi connectivity index (χ1) is 12.1. The second-order valence-electron chi connectivity index (χ2n) is 7.04. The van der Waals surface area contributed by atoms with Gasteiger partial charge in [0.25, 0.3) is 5.91 Å². The smallest absolute Gasteiger partial charge is 0.274 e. The molecule has 5 nitrogen and oxygen atoms in total. The second-order valence-corrected chi connectivity index (χ2v) is 7.04. The minimum Gasteiger partial charge on any atom is -0.335 e. The van der Waals surface area contributed by atoms with Gasteiger partial charge in [-0.3, -0.25) is 14.7 Å². The number of aryl methyl sites for hydroxylation is 1. The van der Waals surface area contributed by atoms with Crippen molar-refractivity contribution in [2.24, 2.45) is 0 Å². The molecule has 0 bridgehead atoms. The number of rotatable bonds is 3. The first kappa shape index (κ1) is 16.1. The Bertz CT molecular complexity index is 777. The van der Waals surface area contributed by atoms with Gasteiger partial charge in [-0.05, 0) is 37.5 Å². The molecule has 1 amide bonds. The van der Waals surface area contributed by atoms with E-state index in [-0.39, 0.29) is 17.3 Å². The van der Waals surface area contributed by atoms with E-state index in [4.69, 9.17) is 0 Å². The molecule has 2 fully saturated rings. The molecule has 130 valence electrons. The van der Waals surface area contributed by atoms with Gasteiger partial charge in [0.2, 0.25) is 0 Å². The summed E-state index contributed by atoms with van der Waals surface area (Å²) in [6.45, 7) is 5.14. The summed E-state index contributed by atoms with van der Waals surface area (Å²) < 4.78 is 13.1. The normalized spacial score (nSPS) is 23.0. The second kappa shape index (κ2) is 6.19. The molecule has 2 aliphatic rings. The highest BCUT2D eigenvalue weighted by atomic mass is 19.1. The van der Waals surface area contributed by atoms with Gasteiger partial charge in [0.1, 0.15) is 11.5 Å². The number of carbonyl (C=O) groups is 1. The van der Waals surface area contributed by atoms with Crippen LogP contribution in [0.15, 0.2) is 36.7 Å². The SMILES string of the molecule is Cc1cnc(C(=O)N2CCC3(CCN3Cc3ccc(F)cc3)C2)cn1. The van der Waals surface area contributed by atoms with Crippen molar-refractivity contribution in [2.75, 3.05) is 19.6 Å². The molecule has 3 heterocycles. The van der Waals surface area contributed by atoms with Gasteiger partial charge in [0.15, 0.2) is 0 Å². The lowest BCUT2D eigenvalue weighted by molar-refractivity contribution is -0.0131. The average molecular weight is 340 g/mol. The number of hydrogen-bond acceptors (Lipinski definition) is 4. The van der Waals surface area contributed by atoms with Crippen LogP contribution in [-0.4, -0.2) is 50.8 Å². The van der Waals surface area contributed by atoms with Crippen LogP contribution < -0.4 is 0 Å². The third kappa shape index (κ3) is 3.02. The van der Waals surface area contributed by atoms with Gasteiger partial charge >= 0.3 is 0 Å². The van der Waals surface area contributed by atoms with Crippen molar-refractivity contribution in [3.05, 3.63) is 59.4 Å². The summed E-state index contributed by atoms with van der Waals surface area (Å²) in [6, 6.07) is 6.67. The van der Waals surface area contributed by atoms with Crippen LogP contribution >= 0.6 is 0 Å². The molecule has 1 aromatic heterocycles. The van der Waals surface area contributed by atoms with Crippen LogP contribution in [0.2, 0.25) is 0 Å². The van der Waals surface area contributed by atoms with E-state index in [1.807, 2.05) is 24.0 Å². The van der Waals surface area contributed by atoms with Crippen LogP contribution in [0.4, 0.5) is 4.39 Å². The van der Waals surface area contributed by atoms with Crippen LogP contribution in [0.5, 0.6) is 0 Å². The van der Waals surface area contributed by atoms with Gasteiger partial charge in [0, 0.05) is 37.9 Å². The van der Waals surface area contributed by atoms with Crippen molar-refractivity contribution in [1.82, 2.24) is 19.8 Å². The Morgan fingerprint density at radius 3 is 2.56 bits per heavy atom. The molecule has 2 saturated heterocycles. The van der Waals surface area contributed by atoms with E-state index in [1.165, 1.54) is 12.1 Å². The van der Waals surface area contributed by atoms with Gasteiger partial charge < -0.3 is 4.90 Å². The maximum absolute atomic E-state index is 13.1. The molecule has 2 aromatic rings. The van der Waals surface area contributed by atoms with Gasteiger partial charge in [-0.25, -0.2) is 9.37 Å². The topological polar surface area (TPSA) is 49.3 Å². The van der Waals surface area contributed by atoms with E-state index < -0.39 is 0 Å². The minimum absolute atomic E-state index is 0.0435. The lowest BCUT2D eigenvalue weighted by Gasteiger charge is -2.50. The zero-order valence-corrected chi connectivity index (χ0v) is 14.3. The predicted octanol–water partition coefficient (Wildman–Crippen LogP) is 2.41. The maximum atomic E-state index is 13.1. The van der Waals surface area contributed by atoms with E-state index >= 15 is 0 Å². The van der Waals surface area contributed by atoms with E-state index in [0.29, 0.717) is 5.69 Å². The minimum atomic E-state index is -0.209. The number of amides is 1. The fourth-order valence-electron chi connectivity index (χ4n) is 3.80. The predicted molar refractivity (Wildman–Crippen MR) is 91.4 cm³/mol. The maximum Gasteiger partial charge on any atom is 0.274 e. The van der Waals surface area contributed by atoms with Gasteiger partial charge in [0.05, 0.1) is 11.9 Å². The summed E-state index contributed by atoms with van der Waals surface area (Å²) in [6.07, 6.45) is 5.25. The largest absolute Gasteiger partial charge is 0.335 e. The highest BCUT2D eigenvalue weighted by Crippen LogP contribution is 2.40. The molecule has 0 aliphatic carbocycles. The van der Waals surface area contributed by atoms with Crippen molar-refractivity contribution >= 4 is 5.91 Å². The summed E-state index contributed by atoms with van der Waals surface area (Å²) in [4.78, 5) is 25.3. The molecule has 4 rings (SSSR count). The Kier molecular flexibility index (Phi) is 4.00. The van der Waals surface area contributed by atoms with E-state index in [9.17, 15) is 9.18 Å². The number of hydrogen-bond donors (Lipinski definition) is 0. The van der Waals surface area contributed by atoms with E-state index in [2.05, 4.69) is 14.9 Å². The zero-order valence-electron chi connectivity index (χ0n) is 14.3. The Morgan fingerprint density at radius 1 is 1.16 bits per heavy atom. The fourth-order valence-corrected chi connectivity index (χ4v) is 3.80. The van der Waals surface area contributed by atoms with E-state index in [1.54, 1.807) is 12.4 Å². The highest BCUT2D eigenvalue weighted by molar-refractivity contribution is 5.92. The Labute approximate surface area is 146 Å². The molecule has 1 aromatic carbocycles. The lowest BCUT2D eigenvalue weighted by atomic mass is 9.83. The summed E-state index contributed by atoms with van der Waals surface area (Å²) in [5.41, 5.74) is 2.38. The van der Waals surface area contributed by atoms with Gasteiger partial charge in [-0.2, -0.15) is 0 Å². The third-order valence-electron chi connectivity index (χ3n) is 5.42. The fraction of sp³-hybridized carbons (Fsp3) is 0.421. The molecule has 1 spiro atoms. The molecule has 25 heavy (non-hydrogen) atoms. The molecular formula is C19H21FN4O. The van der Waals surface area contributed by atoms with Crippen molar-refractivity contribution < 1.29 is 9.18 Å². The average Bonchev–Trinajstić information content (AvgIpc) is 3.08. The molecule has 0 radical (unpaired) electrons. The summed E-state index contributed by atoms with van der Waals surface area (Å²) in [5, 5.41) is 0.